The minimum absolute atomic E-state index is 0.290. The van der Waals surface area contributed by atoms with E-state index in [1.165, 1.54) is 21.7 Å². The molecule has 0 radical (unpaired) electrons. The van der Waals surface area contributed by atoms with E-state index in [1.54, 1.807) is 43.6 Å². The lowest BCUT2D eigenvalue weighted by Gasteiger charge is -2.17. The molecule has 2 aromatic heterocycles. The van der Waals surface area contributed by atoms with Crippen molar-refractivity contribution >= 4 is 38.0 Å². The molecular weight excluding hydrogens is 361 g/mol. The van der Waals surface area contributed by atoms with E-state index in [4.69, 9.17) is 0 Å². The third kappa shape index (κ3) is 3.65. The van der Waals surface area contributed by atoms with Gasteiger partial charge in [0.1, 0.15) is 15.5 Å². The molecule has 25 heavy (non-hydrogen) atoms. The van der Waals surface area contributed by atoms with Crippen LogP contribution in [-0.4, -0.2) is 37.8 Å². The van der Waals surface area contributed by atoms with Crippen LogP contribution in [0.25, 0.3) is 10.9 Å². The van der Waals surface area contributed by atoms with E-state index in [0.717, 1.165) is 5.69 Å². The number of hydrogen-bond acceptors (Lipinski definition) is 5. The lowest BCUT2D eigenvalue weighted by molar-refractivity contribution is 0.482. The standard InChI is InChI=1S/C17H18FN3O2S2/c1-12-11-15(13-5-3-6-14(18)17(13)20-12)19-8-9-21(2)25(22,23)16-7-4-10-24-16/h3-7,10-11H,8-9H2,1-2H3,(H,19,20). The van der Waals surface area contributed by atoms with E-state index in [-0.39, 0.29) is 5.82 Å². The molecule has 1 aromatic carbocycles. The van der Waals surface area contributed by atoms with Crippen molar-refractivity contribution in [1.82, 2.24) is 9.29 Å². The summed E-state index contributed by atoms with van der Waals surface area (Å²) in [6, 6.07) is 9.93. The number of aryl methyl sites for hydroxylation is 1. The molecular formula is C17H18FN3O2S2. The van der Waals surface area contributed by atoms with Crippen LogP contribution < -0.4 is 5.32 Å². The van der Waals surface area contributed by atoms with E-state index in [2.05, 4.69) is 10.3 Å². The lowest BCUT2D eigenvalue weighted by Crippen LogP contribution is -2.31. The molecule has 5 nitrogen and oxygen atoms in total. The summed E-state index contributed by atoms with van der Waals surface area (Å²) in [5, 5.41) is 5.61. The first-order chi connectivity index (χ1) is 11.9. The second-order valence-electron chi connectivity index (χ2n) is 5.63. The summed E-state index contributed by atoms with van der Waals surface area (Å²) < 4.78 is 40.4. The molecule has 0 saturated heterocycles. The van der Waals surface area contributed by atoms with Gasteiger partial charge in [0.2, 0.25) is 0 Å². The van der Waals surface area contributed by atoms with Crippen LogP contribution in [0.15, 0.2) is 46.0 Å². The van der Waals surface area contributed by atoms with Crippen LogP contribution in [0.2, 0.25) is 0 Å². The lowest BCUT2D eigenvalue weighted by atomic mass is 10.1. The third-order valence-electron chi connectivity index (χ3n) is 3.82. The highest BCUT2D eigenvalue weighted by molar-refractivity contribution is 7.91. The molecule has 3 rings (SSSR count). The first-order valence-electron chi connectivity index (χ1n) is 7.69. The van der Waals surface area contributed by atoms with Gasteiger partial charge in [-0.15, -0.1) is 11.3 Å². The zero-order chi connectivity index (χ0) is 18.0. The van der Waals surface area contributed by atoms with Crippen LogP contribution in [0.3, 0.4) is 0 Å². The summed E-state index contributed by atoms with van der Waals surface area (Å²) >= 11 is 1.19. The quantitative estimate of drug-likeness (QED) is 0.712. The second-order valence-corrected chi connectivity index (χ2v) is 8.85. The minimum Gasteiger partial charge on any atom is -0.383 e. The molecule has 132 valence electrons. The van der Waals surface area contributed by atoms with Gasteiger partial charge < -0.3 is 5.32 Å². The van der Waals surface area contributed by atoms with Gasteiger partial charge in [-0.1, -0.05) is 18.2 Å². The molecule has 2 heterocycles. The number of pyridine rings is 1. The smallest absolute Gasteiger partial charge is 0.252 e. The Morgan fingerprint density at radius 3 is 2.80 bits per heavy atom. The number of nitrogens with zero attached hydrogens (tertiary/aromatic N) is 2. The number of fused-ring (bicyclic) bond motifs is 1. The summed E-state index contributed by atoms with van der Waals surface area (Å²) in [7, 11) is -1.92. The Balaban J connectivity index is 1.75. The van der Waals surface area contributed by atoms with Crippen LogP contribution in [0.4, 0.5) is 10.1 Å². The van der Waals surface area contributed by atoms with E-state index in [1.807, 2.05) is 6.07 Å². The fraction of sp³-hybridized carbons (Fsp3) is 0.235. The SMILES string of the molecule is Cc1cc(NCCN(C)S(=O)(=O)c2cccs2)c2cccc(F)c2n1. The van der Waals surface area contributed by atoms with Crippen LogP contribution in [0, 0.1) is 12.7 Å². The summed E-state index contributed by atoms with van der Waals surface area (Å²) in [6.45, 7) is 2.49. The molecule has 3 aromatic rings. The van der Waals surface area contributed by atoms with Gasteiger partial charge in [-0.05, 0) is 30.5 Å². The number of anilines is 1. The van der Waals surface area contributed by atoms with Crippen molar-refractivity contribution in [3.05, 3.63) is 53.3 Å². The van der Waals surface area contributed by atoms with Gasteiger partial charge in [0.25, 0.3) is 10.0 Å². The Kier molecular flexibility index (Phi) is 5.03. The number of hydrogen-bond donors (Lipinski definition) is 1. The number of thiophene rings is 1. The van der Waals surface area contributed by atoms with E-state index in [9.17, 15) is 12.8 Å². The van der Waals surface area contributed by atoms with Gasteiger partial charge >= 0.3 is 0 Å². The molecule has 0 saturated carbocycles. The summed E-state index contributed by atoms with van der Waals surface area (Å²) in [4.78, 5) is 4.23. The fourth-order valence-electron chi connectivity index (χ4n) is 2.52. The van der Waals surface area contributed by atoms with Gasteiger partial charge in [-0.3, -0.25) is 0 Å². The molecule has 0 amide bonds. The monoisotopic (exact) mass is 379 g/mol. The normalized spacial score (nSPS) is 12.0. The maximum absolute atomic E-state index is 13.9. The van der Waals surface area contributed by atoms with Crippen LogP contribution >= 0.6 is 11.3 Å². The van der Waals surface area contributed by atoms with Crippen LogP contribution in [0.1, 0.15) is 5.69 Å². The Labute approximate surface area is 150 Å². The van der Waals surface area contributed by atoms with Gasteiger partial charge in [0.05, 0.1) is 0 Å². The topological polar surface area (TPSA) is 62.3 Å². The maximum Gasteiger partial charge on any atom is 0.252 e. The molecule has 0 unspecified atom stereocenters. The predicted molar refractivity (Wildman–Crippen MR) is 99.1 cm³/mol. The number of likely N-dealkylation sites (N-methyl/N-ethyl adjacent to an activating group) is 1. The first-order valence-corrected chi connectivity index (χ1v) is 10.0. The average Bonchev–Trinajstić information content (AvgIpc) is 3.11. The Morgan fingerprint density at radius 2 is 2.08 bits per heavy atom. The van der Waals surface area contributed by atoms with Crippen molar-refractivity contribution in [3.63, 3.8) is 0 Å². The number of sulfonamides is 1. The van der Waals surface area contributed by atoms with Crippen molar-refractivity contribution < 1.29 is 12.8 Å². The van der Waals surface area contributed by atoms with E-state index >= 15 is 0 Å². The zero-order valence-corrected chi connectivity index (χ0v) is 15.5. The number of halogens is 1. The van der Waals surface area contributed by atoms with Gasteiger partial charge in [-0.2, -0.15) is 4.31 Å². The predicted octanol–water partition coefficient (Wildman–Crippen LogP) is 3.48. The zero-order valence-electron chi connectivity index (χ0n) is 13.9. The molecule has 0 aliphatic rings. The molecule has 0 fully saturated rings. The van der Waals surface area contributed by atoms with Gasteiger partial charge in [0, 0.05) is 36.9 Å². The number of nitrogens with one attached hydrogen (secondary N) is 1. The molecule has 0 aliphatic carbocycles. The van der Waals surface area contributed by atoms with Crippen molar-refractivity contribution in [2.45, 2.75) is 11.1 Å². The largest absolute Gasteiger partial charge is 0.383 e. The number of aromatic nitrogens is 1. The van der Waals surface area contributed by atoms with Crippen molar-refractivity contribution in [2.75, 3.05) is 25.5 Å². The Morgan fingerprint density at radius 1 is 1.28 bits per heavy atom. The van der Waals surface area contributed by atoms with Crippen molar-refractivity contribution in [2.24, 2.45) is 0 Å². The number of rotatable bonds is 6. The molecule has 8 heteroatoms. The maximum atomic E-state index is 13.9. The van der Waals surface area contributed by atoms with Crippen LogP contribution in [-0.2, 0) is 10.0 Å². The average molecular weight is 379 g/mol. The molecule has 0 atom stereocenters. The molecule has 0 aliphatic heterocycles. The van der Waals surface area contributed by atoms with Crippen molar-refractivity contribution in [1.29, 1.82) is 0 Å². The number of para-hydroxylation sites is 1. The Hall–Kier alpha value is -2.03. The highest BCUT2D eigenvalue weighted by atomic mass is 32.2. The highest BCUT2D eigenvalue weighted by Crippen LogP contribution is 2.25. The van der Waals surface area contributed by atoms with E-state index < -0.39 is 10.0 Å². The number of benzene rings is 1. The van der Waals surface area contributed by atoms with E-state index in [0.29, 0.717) is 33.9 Å². The Bertz CT molecular complexity index is 989. The summed E-state index contributed by atoms with van der Waals surface area (Å²) in [6.07, 6.45) is 0. The summed E-state index contributed by atoms with van der Waals surface area (Å²) in [5.41, 5.74) is 1.74. The third-order valence-corrected chi connectivity index (χ3v) is 7.05. The van der Waals surface area contributed by atoms with Crippen molar-refractivity contribution in [3.8, 4) is 0 Å². The first kappa shape index (κ1) is 17.8. The minimum atomic E-state index is -3.47. The summed E-state index contributed by atoms with van der Waals surface area (Å²) in [5.74, 6) is -0.373. The second kappa shape index (κ2) is 7.07. The van der Waals surface area contributed by atoms with Gasteiger partial charge in [-0.25, -0.2) is 17.8 Å². The molecule has 0 bridgehead atoms. The van der Waals surface area contributed by atoms with Crippen LogP contribution in [0.5, 0.6) is 0 Å². The van der Waals surface area contributed by atoms with Gasteiger partial charge in [0.15, 0.2) is 0 Å². The highest BCUT2D eigenvalue weighted by Gasteiger charge is 2.21. The molecule has 0 spiro atoms. The molecule has 1 N–H and O–H groups in total. The fourth-order valence-corrected chi connectivity index (χ4v) is 4.89.